The number of fused-ring (bicyclic) bond motifs is 1. The Bertz CT molecular complexity index is 935. The first kappa shape index (κ1) is 17.4. The van der Waals surface area contributed by atoms with Crippen molar-refractivity contribution in [3.63, 3.8) is 0 Å². The van der Waals surface area contributed by atoms with Gasteiger partial charge in [-0.15, -0.1) is 5.10 Å². The van der Waals surface area contributed by atoms with Gasteiger partial charge < -0.3 is 5.32 Å². The maximum absolute atomic E-state index is 12.2. The molecular formula is C18H21N5OS. The Hall–Kier alpha value is -2.41. The van der Waals surface area contributed by atoms with Gasteiger partial charge in [0, 0.05) is 17.1 Å². The number of nitrogens with one attached hydrogen (secondary N) is 1. The Balaban J connectivity index is 1.70. The van der Waals surface area contributed by atoms with Gasteiger partial charge in [0.1, 0.15) is 0 Å². The van der Waals surface area contributed by atoms with Gasteiger partial charge in [-0.3, -0.25) is 4.79 Å². The molecule has 0 aliphatic carbocycles. The van der Waals surface area contributed by atoms with Crippen LogP contribution in [-0.2, 0) is 11.2 Å². The Kier molecular flexibility index (Phi) is 5.03. The predicted molar refractivity (Wildman–Crippen MR) is 100 cm³/mol. The number of aryl methyl sites for hydroxylation is 3. The van der Waals surface area contributed by atoms with E-state index in [0.29, 0.717) is 10.9 Å². The van der Waals surface area contributed by atoms with Crippen molar-refractivity contribution in [1.29, 1.82) is 0 Å². The highest BCUT2D eigenvalue weighted by Crippen LogP contribution is 2.19. The second-order valence-electron chi connectivity index (χ2n) is 5.86. The molecule has 0 aliphatic rings. The Morgan fingerprint density at radius 2 is 1.96 bits per heavy atom. The van der Waals surface area contributed by atoms with Crippen LogP contribution in [0.3, 0.4) is 0 Å². The zero-order valence-corrected chi connectivity index (χ0v) is 15.6. The maximum Gasteiger partial charge on any atom is 0.253 e. The molecule has 0 spiro atoms. The molecule has 0 fully saturated rings. The van der Waals surface area contributed by atoms with Crippen LogP contribution in [0.2, 0.25) is 0 Å². The SMILES string of the molecule is CCc1ccccc1NC(=O)CSc1nc2nc(C)c(C)c(C)n2n1. The summed E-state index contributed by atoms with van der Waals surface area (Å²) in [4.78, 5) is 21.1. The van der Waals surface area contributed by atoms with E-state index < -0.39 is 0 Å². The molecule has 0 saturated heterocycles. The fourth-order valence-electron chi connectivity index (χ4n) is 2.57. The zero-order valence-electron chi connectivity index (χ0n) is 14.8. The molecule has 0 unspecified atom stereocenters. The number of anilines is 1. The van der Waals surface area contributed by atoms with Crippen LogP contribution in [0.1, 0.15) is 29.4 Å². The van der Waals surface area contributed by atoms with E-state index in [1.165, 1.54) is 11.8 Å². The van der Waals surface area contributed by atoms with Gasteiger partial charge in [0.2, 0.25) is 11.1 Å². The number of thioether (sulfide) groups is 1. The largest absolute Gasteiger partial charge is 0.325 e. The summed E-state index contributed by atoms with van der Waals surface area (Å²) in [5, 5.41) is 7.97. The number of carbonyl (C=O) groups is 1. The first-order chi connectivity index (χ1) is 12.0. The van der Waals surface area contributed by atoms with Crippen LogP contribution in [0.15, 0.2) is 29.4 Å². The number of hydrogen-bond donors (Lipinski definition) is 1. The summed E-state index contributed by atoms with van der Waals surface area (Å²) >= 11 is 1.31. The minimum atomic E-state index is -0.0678. The minimum absolute atomic E-state index is 0.0678. The summed E-state index contributed by atoms with van der Waals surface area (Å²) in [5.74, 6) is 0.757. The number of amides is 1. The lowest BCUT2D eigenvalue weighted by Gasteiger charge is -2.08. The molecule has 6 nitrogen and oxygen atoms in total. The van der Waals surface area contributed by atoms with Crippen LogP contribution >= 0.6 is 11.8 Å². The maximum atomic E-state index is 12.2. The summed E-state index contributed by atoms with van der Waals surface area (Å²) < 4.78 is 1.73. The van der Waals surface area contributed by atoms with E-state index in [-0.39, 0.29) is 11.7 Å². The van der Waals surface area contributed by atoms with E-state index in [1.54, 1.807) is 4.52 Å². The van der Waals surface area contributed by atoms with Crippen molar-refractivity contribution in [2.45, 2.75) is 39.3 Å². The van der Waals surface area contributed by atoms with E-state index >= 15 is 0 Å². The third-order valence-corrected chi connectivity index (χ3v) is 5.08. The van der Waals surface area contributed by atoms with E-state index in [9.17, 15) is 4.79 Å². The molecule has 7 heteroatoms. The summed E-state index contributed by atoms with van der Waals surface area (Å²) in [7, 11) is 0. The average Bonchev–Trinajstić information content (AvgIpc) is 3.01. The second-order valence-corrected chi connectivity index (χ2v) is 6.80. The van der Waals surface area contributed by atoms with Crippen molar-refractivity contribution in [2.24, 2.45) is 0 Å². The van der Waals surface area contributed by atoms with E-state index in [0.717, 1.165) is 34.6 Å². The quantitative estimate of drug-likeness (QED) is 0.711. The Morgan fingerprint density at radius 3 is 2.72 bits per heavy atom. The van der Waals surface area contributed by atoms with Gasteiger partial charge in [0.15, 0.2) is 0 Å². The lowest BCUT2D eigenvalue weighted by Crippen LogP contribution is -2.15. The van der Waals surface area contributed by atoms with Crippen molar-refractivity contribution in [2.75, 3.05) is 11.1 Å². The molecule has 0 radical (unpaired) electrons. The number of hydrogen-bond acceptors (Lipinski definition) is 5. The van der Waals surface area contributed by atoms with Gasteiger partial charge in [-0.2, -0.15) is 4.98 Å². The van der Waals surface area contributed by atoms with E-state index in [4.69, 9.17) is 0 Å². The number of rotatable bonds is 5. The summed E-state index contributed by atoms with van der Waals surface area (Å²) in [6.07, 6.45) is 0.876. The highest BCUT2D eigenvalue weighted by Gasteiger charge is 2.13. The average molecular weight is 355 g/mol. The lowest BCUT2D eigenvalue weighted by molar-refractivity contribution is -0.113. The highest BCUT2D eigenvalue weighted by molar-refractivity contribution is 7.99. The normalized spacial score (nSPS) is 11.0. The van der Waals surface area contributed by atoms with Gasteiger partial charge >= 0.3 is 0 Å². The molecule has 1 amide bonds. The molecule has 0 bridgehead atoms. The number of para-hydroxylation sites is 1. The molecule has 25 heavy (non-hydrogen) atoms. The topological polar surface area (TPSA) is 72.2 Å². The molecule has 1 N–H and O–H groups in total. The molecule has 130 valence electrons. The molecule has 2 heterocycles. The number of aromatic nitrogens is 4. The molecule has 1 aromatic carbocycles. The van der Waals surface area contributed by atoms with Crippen LogP contribution < -0.4 is 5.32 Å². The van der Waals surface area contributed by atoms with Gasteiger partial charge in [-0.1, -0.05) is 36.9 Å². The van der Waals surface area contributed by atoms with Crippen molar-refractivity contribution in [3.8, 4) is 0 Å². The predicted octanol–water partition coefficient (Wildman–Crippen LogP) is 3.34. The summed E-state index contributed by atoms with van der Waals surface area (Å²) in [6.45, 7) is 8.04. The Labute approximate surface area is 151 Å². The molecule has 0 atom stereocenters. The fourth-order valence-corrected chi connectivity index (χ4v) is 3.18. The van der Waals surface area contributed by atoms with Gasteiger partial charge in [0.25, 0.3) is 5.78 Å². The van der Waals surface area contributed by atoms with Crippen LogP contribution in [-0.4, -0.2) is 31.2 Å². The van der Waals surface area contributed by atoms with Crippen LogP contribution in [0.4, 0.5) is 5.69 Å². The molecule has 2 aromatic heterocycles. The molecule has 3 aromatic rings. The number of benzene rings is 1. The third kappa shape index (κ3) is 3.66. The first-order valence-electron chi connectivity index (χ1n) is 8.20. The van der Waals surface area contributed by atoms with Crippen molar-refractivity contribution in [3.05, 3.63) is 46.8 Å². The van der Waals surface area contributed by atoms with Crippen LogP contribution in [0, 0.1) is 20.8 Å². The molecule has 3 rings (SSSR count). The van der Waals surface area contributed by atoms with E-state index in [1.807, 2.05) is 45.0 Å². The fraction of sp³-hybridized carbons (Fsp3) is 0.333. The number of nitrogens with zero attached hydrogens (tertiary/aromatic N) is 4. The first-order valence-corrected chi connectivity index (χ1v) is 9.19. The molecular weight excluding hydrogens is 334 g/mol. The summed E-state index contributed by atoms with van der Waals surface area (Å²) in [6, 6.07) is 7.84. The van der Waals surface area contributed by atoms with Crippen LogP contribution in [0.5, 0.6) is 0 Å². The van der Waals surface area contributed by atoms with Gasteiger partial charge in [0.05, 0.1) is 5.75 Å². The standard InChI is InChI=1S/C18H21N5OS/c1-5-14-8-6-7-9-15(14)20-16(24)10-25-18-21-17-19-12(3)11(2)13(4)23(17)22-18/h6-9H,5,10H2,1-4H3,(H,20,24). The smallest absolute Gasteiger partial charge is 0.253 e. The van der Waals surface area contributed by atoms with Crippen LogP contribution in [0.25, 0.3) is 5.78 Å². The third-order valence-electron chi connectivity index (χ3n) is 4.25. The van der Waals surface area contributed by atoms with Gasteiger partial charge in [-0.05, 0) is 44.4 Å². The summed E-state index contributed by atoms with van der Waals surface area (Å²) in [5.41, 5.74) is 5.05. The molecule has 0 saturated carbocycles. The highest BCUT2D eigenvalue weighted by atomic mass is 32.2. The Morgan fingerprint density at radius 1 is 1.20 bits per heavy atom. The van der Waals surface area contributed by atoms with Gasteiger partial charge in [-0.25, -0.2) is 9.50 Å². The lowest BCUT2D eigenvalue weighted by atomic mass is 10.1. The van der Waals surface area contributed by atoms with Crippen molar-refractivity contribution >= 4 is 29.1 Å². The monoisotopic (exact) mass is 355 g/mol. The minimum Gasteiger partial charge on any atom is -0.325 e. The van der Waals surface area contributed by atoms with E-state index in [2.05, 4.69) is 27.3 Å². The second kappa shape index (κ2) is 7.23. The van der Waals surface area contributed by atoms with Crippen molar-refractivity contribution < 1.29 is 4.79 Å². The number of carbonyl (C=O) groups excluding carboxylic acids is 1. The zero-order chi connectivity index (χ0) is 18.0. The van der Waals surface area contributed by atoms with Crippen molar-refractivity contribution in [1.82, 2.24) is 19.6 Å². The molecule has 0 aliphatic heterocycles.